The summed E-state index contributed by atoms with van der Waals surface area (Å²) in [4.78, 5) is 24.1. The average Bonchev–Trinajstić information content (AvgIpc) is 2.84. The van der Waals surface area contributed by atoms with Gasteiger partial charge in [0, 0.05) is 0 Å². The molecular weight excluding hydrogens is 290 g/mol. The second kappa shape index (κ2) is 6.45. The number of carbonyl (C=O) groups excluding carboxylic acids is 2. The lowest BCUT2D eigenvalue weighted by Crippen LogP contribution is -2.16. The first kappa shape index (κ1) is 15.1. The van der Waals surface area contributed by atoms with Crippen molar-refractivity contribution in [2.45, 2.75) is 11.4 Å². The molecule has 0 fully saturated rings. The van der Waals surface area contributed by atoms with Crippen molar-refractivity contribution in [1.82, 2.24) is 9.78 Å². The van der Waals surface area contributed by atoms with Crippen LogP contribution in [0.25, 0.3) is 0 Å². The summed E-state index contributed by atoms with van der Waals surface area (Å²) in [5, 5.41) is 4.36. The molecule has 0 amide bonds. The minimum atomic E-state index is -0.601. The first-order chi connectivity index (χ1) is 10.1. The van der Waals surface area contributed by atoms with E-state index in [-0.39, 0.29) is 23.7 Å². The van der Waals surface area contributed by atoms with Crippen LogP contribution in [0.2, 0.25) is 0 Å². The lowest BCUT2D eigenvalue weighted by Gasteiger charge is -2.05. The number of anilines is 1. The van der Waals surface area contributed by atoms with Gasteiger partial charge in [0.2, 0.25) is 0 Å². The fraction of sp³-hybridized carbons (Fsp3) is 0.214. The third-order valence-corrected chi connectivity index (χ3v) is 3.65. The fourth-order valence-corrected chi connectivity index (χ4v) is 2.62. The van der Waals surface area contributed by atoms with Gasteiger partial charge in [0.05, 0.1) is 13.5 Å². The Kier molecular flexibility index (Phi) is 4.64. The van der Waals surface area contributed by atoms with Gasteiger partial charge in [-0.1, -0.05) is 30.3 Å². The van der Waals surface area contributed by atoms with E-state index in [1.54, 1.807) is 6.26 Å². The third-order valence-electron chi connectivity index (χ3n) is 2.89. The van der Waals surface area contributed by atoms with Gasteiger partial charge in [-0.25, -0.2) is 4.79 Å². The summed E-state index contributed by atoms with van der Waals surface area (Å²) < 4.78 is 5.84. The molecule has 1 aromatic heterocycles. The van der Waals surface area contributed by atoms with Crippen LogP contribution in [-0.4, -0.2) is 35.0 Å². The second-order valence-corrected chi connectivity index (χ2v) is 5.02. The summed E-state index contributed by atoms with van der Waals surface area (Å²) in [6, 6.07) is 9.29. The molecule has 2 rings (SSSR count). The largest absolute Gasteiger partial charge is 0.465 e. The van der Waals surface area contributed by atoms with Gasteiger partial charge in [0.15, 0.2) is 5.82 Å². The van der Waals surface area contributed by atoms with Crippen molar-refractivity contribution in [3.05, 3.63) is 41.5 Å². The van der Waals surface area contributed by atoms with Crippen LogP contribution < -0.4 is 5.73 Å². The quantitative estimate of drug-likeness (QED) is 0.685. The highest BCUT2D eigenvalue weighted by atomic mass is 32.2. The van der Waals surface area contributed by atoms with Crippen LogP contribution in [0.1, 0.15) is 20.7 Å². The maximum Gasteiger partial charge on any atom is 0.344 e. The number of hydrogen-bond acceptors (Lipinski definition) is 6. The van der Waals surface area contributed by atoms with E-state index in [2.05, 4.69) is 9.84 Å². The maximum absolute atomic E-state index is 12.3. The molecular formula is C14H15N3O3S. The Labute approximate surface area is 126 Å². The number of benzene rings is 1. The maximum atomic E-state index is 12.3. The lowest BCUT2D eigenvalue weighted by molar-refractivity contribution is 0.0597. The van der Waals surface area contributed by atoms with Crippen molar-refractivity contribution in [1.29, 1.82) is 0 Å². The Bertz CT molecular complexity index is 668. The molecule has 2 aromatic rings. The molecule has 0 spiro atoms. The topological polar surface area (TPSA) is 87.2 Å². The molecule has 0 unspecified atom stereocenters. The monoisotopic (exact) mass is 305 g/mol. The molecule has 1 heterocycles. The van der Waals surface area contributed by atoms with Crippen molar-refractivity contribution in [2.24, 2.45) is 0 Å². The molecule has 0 aliphatic rings. The van der Waals surface area contributed by atoms with Gasteiger partial charge in [0.1, 0.15) is 10.6 Å². The molecule has 0 atom stereocenters. The highest BCUT2D eigenvalue weighted by Gasteiger charge is 2.25. The molecule has 1 aromatic carbocycles. The van der Waals surface area contributed by atoms with E-state index in [1.807, 2.05) is 30.3 Å². The number of esters is 1. The van der Waals surface area contributed by atoms with E-state index in [4.69, 9.17) is 5.73 Å². The Morgan fingerprint density at radius 2 is 2.00 bits per heavy atom. The predicted molar refractivity (Wildman–Crippen MR) is 80.5 cm³/mol. The SMILES string of the molecule is COC(=O)c1c(N)nn(C(=O)Cc2ccccc2)c1SC. The Balaban J connectivity index is 2.36. The molecule has 2 N–H and O–H groups in total. The van der Waals surface area contributed by atoms with Gasteiger partial charge in [-0.15, -0.1) is 16.9 Å². The Hall–Kier alpha value is -2.28. The number of hydrogen-bond donors (Lipinski definition) is 1. The molecule has 0 radical (unpaired) electrons. The lowest BCUT2D eigenvalue weighted by atomic mass is 10.1. The average molecular weight is 305 g/mol. The molecule has 0 aliphatic heterocycles. The third kappa shape index (κ3) is 3.08. The van der Waals surface area contributed by atoms with E-state index in [1.165, 1.54) is 23.6 Å². The summed E-state index contributed by atoms with van der Waals surface area (Å²) in [5.41, 5.74) is 6.72. The van der Waals surface area contributed by atoms with Crippen LogP contribution >= 0.6 is 11.8 Å². The zero-order valence-corrected chi connectivity index (χ0v) is 12.5. The fourth-order valence-electron chi connectivity index (χ4n) is 1.92. The van der Waals surface area contributed by atoms with Gasteiger partial charge in [-0.3, -0.25) is 4.79 Å². The van der Waals surface area contributed by atoms with Crippen LogP contribution in [0.5, 0.6) is 0 Å². The number of rotatable bonds is 4. The van der Waals surface area contributed by atoms with Gasteiger partial charge >= 0.3 is 5.97 Å². The van der Waals surface area contributed by atoms with Crippen LogP contribution in [-0.2, 0) is 11.2 Å². The molecule has 0 saturated heterocycles. The first-order valence-electron chi connectivity index (χ1n) is 6.16. The number of thioether (sulfide) groups is 1. The van der Waals surface area contributed by atoms with Crippen molar-refractivity contribution in [3.8, 4) is 0 Å². The first-order valence-corrected chi connectivity index (χ1v) is 7.39. The molecule has 7 heteroatoms. The minimum Gasteiger partial charge on any atom is -0.465 e. The van der Waals surface area contributed by atoms with E-state index in [0.29, 0.717) is 5.03 Å². The van der Waals surface area contributed by atoms with Crippen molar-refractivity contribution in [2.75, 3.05) is 19.1 Å². The van der Waals surface area contributed by atoms with E-state index in [0.717, 1.165) is 5.56 Å². The molecule has 110 valence electrons. The normalized spacial score (nSPS) is 10.4. The van der Waals surface area contributed by atoms with Crippen LogP contribution in [0.3, 0.4) is 0 Å². The Morgan fingerprint density at radius 3 is 2.57 bits per heavy atom. The van der Waals surface area contributed by atoms with Crippen LogP contribution in [0, 0.1) is 0 Å². The molecule has 0 bridgehead atoms. The van der Waals surface area contributed by atoms with Gasteiger partial charge in [-0.05, 0) is 11.8 Å². The number of ether oxygens (including phenoxy) is 1. The zero-order valence-electron chi connectivity index (χ0n) is 11.7. The van der Waals surface area contributed by atoms with E-state index in [9.17, 15) is 9.59 Å². The van der Waals surface area contributed by atoms with Crippen LogP contribution in [0.4, 0.5) is 5.82 Å². The minimum absolute atomic E-state index is 0.00684. The summed E-state index contributed by atoms with van der Waals surface area (Å²) in [7, 11) is 1.26. The van der Waals surface area contributed by atoms with Gasteiger partial charge in [-0.2, -0.15) is 4.68 Å². The molecule has 0 aliphatic carbocycles. The van der Waals surface area contributed by atoms with Crippen molar-refractivity contribution in [3.63, 3.8) is 0 Å². The molecule has 21 heavy (non-hydrogen) atoms. The second-order valence-electron chi connectivity index (χ2n) is 4.23. The van der Waals surface area contributed by atoms with E-state index >= 15 is 0 Å². The summed E-state index contributed by atoms with van der Waals surface area (Å²) in [6.07, 6.45) is 1.92. The molecule has 6 nitrogen and oxygen atoms in total. The number of nitrogens with two attached hydrogens (primary N) is 1. The van der Waals surface area contributed by atoms with E-state index < -0.39 is 5.97 Å². The summed E-state index contributed by atoms with van der Waals surface area (Å²) in [5.74, 6) is -0.865. The highest BCUT2D eigenvalue weighted by molar-refractivity contribution is 7.98. The van der Waals surface area contributed by atoms with Crippen molar-refractivity contribution < 1.29 is 14.3 Å². The Morgan fingerprint density at radius 1 is 1.33 bits per heavy atom. The van der Waals surface area contributed by atoms with Gasteiger partial charge in [0.25, 0.3) is 5.91 Å². The molecule has 0 saturated carbocycles. The van der Waals surface area contributed by atoms with Crippen molar-refractivity contribution >= 4 is 29.5 Å². The number of carbonyl (C=O) groups is 2. The number of aromatic nitrogens is 2. The summed E-state index contributed by atoms with van der Waals surface area (Å²) >= 11 is 1.22. The predicted octanol–water partition coefficient (Wildman–Crippen LogP) is 1.86. The van der Waals surface area contributed by atoms with Gasteiger partial charge < -0.3 is 10.5 Å². The van der Waals surface area contributed by atoms with Crippen LogP contribution in [0.15, 0.2) is 35.4 Å². The number of methoxy groups -OCH3 is 1. The number of nitrogen functional groups attached to an aromatic ring is 1. The smallest absolute Gasteiger partial charge is 0.344 e. The number of nitrogens with zero attached hydrogens (tertiary/aromatic N) is 2. The zero-order chi connectivity index (χ0) is 15.4. The standard InChI is InChI=1S/C14H15N3O3S/c1-20-14(19)11-12(15)16-17(13(11)21-2)10(18)8-9-6-4-3-5-7-9/h3-7H,8H2,1-2H3,(H2,15,16). The summed E-state index contributed by atoms with van der Waals surface area (Å²) in [6.45, 7) is 0. The highest BCUT2D eigenvalue weighted by Crippen LogP contribution is 2.26.